The summed E-state index contributed by atoms with van der Waals surface area (Å²) in [6.07, 6.45) is 5.62. The number of halogens is 1. The van der Waals surface area contributed by atoms with Crippen LogP contribution in [-0.4, -0.2) is 27.1 Å². The molecule has 1 aliphatic heterocycles. The van der Waals surface area contributed by atoms with E-state index in [4.69, 9.17) is 11.6 Å². The van der Waals surface area contributed by atoms with E-state index in [9.17, 15) is 0 Å². The quantitative estimate of drug-likeness (QED) is 0.853. The lowest BCUT2D eigenvalue weighted by Crippen LogP contribution is -2.47. The summed E-state index contributed by atoms with van der Waals surface area (Å²) in [5.41, 5.74) is 4.41. The molecular weight excluding hydrogens is 272 g/mol. The van der Waals surface area contributed by atoms with E-state index in [0.717, 1.165) is 30.0 Å². The highest BCUT2D eigenvalue weighted by Gasteiger charge is 2.25. The van der Waals surface area contributed by atoms with Crippen molar-refractivity contribution in [3.05, 3.63) is 16.5 Å². The molecule has 1 aliphatic rings. The average Bonchev–Trinajstić information content (AvgIpc) is 2.39. The van der Waals surface area contributed by atoms with E-state index in [1.54, 1.807) is 0 Å². The van der Waals surface area contributed by atoms with Crippen LogP contribution in [0.15, 0.2) is 0 Å². The first-order chi connectivity index (χ1) is 9.52. The first kappa shape index (κ1) is 15.5. The van der Waals surface area contributed by atoms with Crippen LogP contribution in [0.4, 0.5) is 5.82 Å². The number of nitrogens with zero attached hydrogens (tertiary/aromatic N) is 3. The van der Waals surface area contributed by atoms with Crippen LogP contribution in [0.25, 0.3) is 0 Å². The zero-order valence-corrected chi connectivity index (χ0v) is 13.7. The van der Waals surface area contributed by atoms with Crippen LogP contribution in [0.5, 0.6) is 0 Å². The fraction of sp³-hybridized carbons (Fsp3) is 0.733. The minimum Gasteiger partial charge on any atom is -0.302 e. The van der Waals surface area contributed by atoms with E-state index in [1.807, 2.05) is 6.92 Å². The van der Waals surface area contributed by atoms with Gasteiger partial charge in [0.2, 0.25) is 0 Å². The SMILES string of the molecule is CCCc1nc(Cl)c(C)c(NN2C(C)CCCC2C)n1. The molecule has 20 heavy (non-hydrogen) atoms. The summed E-state index contributed by atoms with van der Waals surface area (Å²) in [6, 6.07) is 1.03. The molecule has 0 amide bonds. The molecule has 0 bridgehead atoms. The van der Waals surface area contributed by atoms with Crippen molar-refractivity contribution in [3.8, 4) is 0 Å². The zero-order chi connectivity index (χ0) is 14.7. The molecule has 0 saturated carbocycles. The van der Waals surface area contributed by atoms with Crippen molar-refractivity contribution in [2.45, 2.75) is 71.9 Å². The van der Waals surface area contributed by atoms with Crippen molar-refractivity contribution in [2.75, 3.05) is 5.43 Å². The minimum absolute atomic E-state index is 0.515. The molecule has 5 heteroatoms. The second kappa shape index (κ2) is 6.72. The topological polar surface area (TPSA) is 41.1 Å². The van der Waals surface area contributed by atoms with E-state index in [0.29, 0.717) is 17.2 Å². The Kier molecular flexibility index (Phi) is 5.22. The van der Waals surface area contributed by atoms with Gasteiger partial charge in [-0.15, -0.1) is 0 Å². The molecule has 1 aromatic heterocycles. The van der Waals surface area contributed by atoms with Crippen molar-refractivity contribution < 1.29 is 0 Å². The van der Waals surface area contributed by atoms with Crippen molar-refractivity contribution in [1.29, 1.82) is 0 Å². The maximum absolute atomic E-state index is 6.24. The van der Waals surface area contributed by atoms with Crippen molar-refractivity contribution in [2.24, 2.45) is 0 Å². The van der Waals surface area contributed by atoms with Gasteiger partial charge in [0.1, 0.15) is 16.8 Å². The van der Waals surface area contributed by atoms with Crippen molar-refractivity contribution >= 4 is 17.4 Å². The molecule has 1 fully saturated rings. The Hall–Kier alpha value is -0.870. The molecule has 112 valence electrons. The van der Waals surface area contributed by atoms with Gasteiger partial charge in [0.05, 0.1) is 0 Å². The molecule has 1 aromatic rings. The first-order valence-electron chi connectivity index (χ1n) is 7.61. The summed E-state index contributed by atoms with van der Waals surface area (Å²) < 4.78 is 0. The number of hydrogen-bond donors (Lipinski definition) is 1. The fourth-order valence-corrected chi connectivity index (χ4v) is 2.93. The predicted molar refractivity (Wildman–Crippen MR) is 84.0 cm³/mol. The molecule has 0 aliphatic carbocycles. The van der Waals surface area contributed by atoms with E-state index in [1.165, 1.54) is 19.3 Å². The van der Waals surface area contributed by atoms with Gasteiger partial charge in [-0.25, -0.2) is 15.0 Å². The van der Waals surface area contributed by atoms with Crippen LogP contribution in [0.3, 0.4) is 0 Å². The number of rotatable bonds is 4. The van der Waals surface area contributed by atoms with E-state index >= 15 is 0 Å². The smallest absolute Gasteiger partial charge is 0.148 e. The lowest BCUT2D eigenvalue weighted by molar-refractivity contribution is 0.135. The van der Waals surface area contributed by atoms with Crippen LogP contribution in [-0.2, 0) is 6.42 Å². The molecule has 0 radical (unpaired) electrons. The maximum Gasteiger partial charge on any atom is 0.148 e. The Morgan fingerprint density at radius 2 is 1.90 bits per heavy atom. The zero-order valence-electron chi connectivity index (χ0n) is 12.9. The number of aromatic nitrogens is 2. The highest BCUT2D eigenvalue weighted by atomic mass is 35.5. The Bertz CT molecular complexity index is 453. The monoisotopic (exact) mass is 296 g/mol. The van der Waals surface area contributed by atoms with Gasteiger partial charge in [-0.2, -0.15) is 0 Å². The van der Waals surface area contributed by atoms with Crippen LogP contribution in [0, 0.1) is 6.92 Å². The predicted octanol–water partition coefficient (Wildman–Crippen LogP) is 3.98. The second-order valence-electron chi connectivity index (χ2n) is 5.80. The van der Waals surface area contributed by atoms with Gasteiger partial charge < -0.3 is 5.43 Å². The normalized spacial score (nSPS) is 23.9. The summed E-state index contributed by atoms with van der Waals surface area (Å²) in [5, 5.41) is 2.87. The first-order valence-corrected chi connectivity index (χ1v) is 7.98. The van der Waals surface area contributed by atoms with Crippen molar-refractivity contribution in [3.63, 3.8) is 0 Å². The molecule has 2 unspecified atom stereocenters. The molecular formula is C15H25ClN4. The molecule has 0 aromatic carbocycles. The molecule has 1 saturated heterocycles. The van der Waals surface area contributed by atoms with E-state index < -0.39 is 0 Å². The van der Waals surface area contributed by atoms with Crippen LogP contribution in [0.2, 0.25) is 5.15 Å². The van der Waals surface area contributed by atoms with Gasteiger partial charge >= 0.3 is 0 Å². The third kappa shape index (κ3) is 3.41. The van der Waals surface area contributed by atoms with E-state index in [2.05, 4.69) is 41.2 Å². The lowest BCUT2D eigenvalue weighted by atomic mass is 10.00. The average molecular weight is 297 g/mol. The third-order valence-corrected chi connectivity index (χ3v) is 4.40. The van der Waals surface area contributed by atoms with Gasteiger partial charge in [0.25, 0.3) is 0 Å². The van der Waals surface area contributed by atoms with Crippen LogP contribution < -0.4 is 5.43 Å². The Morgan fingerprint density at radius 1 is 1.25 bits per heavy atom. The molecule has 4 nitrogen and oxygen atoms in total. The van der Waals surface area contributed by atoms with Gasteiger partial charge in [0, 0.05) is 24.1 Å². The highest BCUT2D eigenvalue weighted by Crippen LogP contribution is 2.26. The number of hydrazine groups is 1. The molecule has 0 spiro atoms. The number of anilines is 1. The Labute approximate surface area is 126 Å². The largest absolute Gasteiger partial charge is 0.302 e. The second-order valence-corrected chi connectivity index (χ2v) is 6.16. The summed E-state index contributed by atoms with van der Waals surface area (Å²) in [6.45, 7) is 8.61. The Balaban J connectivity index is 2.23. The fourth-order valence-electron chi connectivity index (χ4n) is 2.74. The standard InChI is InChI=1S/C15H25ClN4/c1-5-7-13-17-14(16)12(4)15(18-13)19-20-10(2)8-6-9-11(20)3/h10-11H,5-9H2,1-4H3,(H,17,18,19). The molecule has 2 atom stereocenters. The number of piperidine rings is 1. The minimum atomic E-state index is 0.515. The van der Waals surface area contributed by atoms with Gasteiger partial charge in [0.15, 0.2) is 0 Å². The molecule has 2 heterocycles. The maximum atomic E-state index is 6.24. The lowest BCUT2D eigenvalue weighted by Gasteiger charge is -2.39. The van der Waals surface area contributed by atoms with Gasteiger partial charge in [-0.1, -0.05) is 24.9 Å². The Morgan fingerprint density at radius 3 is 2.50 bits per heavy atom. The summed E-state index contributed by atoms with van der Waals surface area (Å²) in [5.74, 6) is 1.68. The molecule has 2 rings (SSSR count). The van der Waals surface area contributed by atoms with Crippen molar-refractivity contribution in [1.82, 2.24) is 15.0 Å². The summed E-state index contributed by atoms with van der Waals surface area (Å²) in [7, 11) is 0. The van der Waals surface area contributed by atoms with Gasteiger partial charge in [-0.3, -0.25) is 0 Å². The van der Waals surface area contributed by atoms with Crippen LogP contribution >= 0.6 is 11.6 Å². The highest BCUT2D eigenvalue weighted by molar-refractivity contribution is 6.30. The third-order valence-electron chi connectivity index (χ3n) is 4.03. The summed E-state index contributed by atoms with van der Waals surface area (Å²) >= 11 is 6.24. The summed E-state index contributed by atoms with van der Waals surface area (Å²) in [4.78, 5) is 8.99. The number of aryl methyl sites for hydroxylation is 1. The number of hydrogen-bond acceptors (Lipinski definition) is 4. The van der Waals surface area contributed by atoms with Gasteiger partial charge in [-0.05, 0) is 40.0 Å². The molecule has 1 N–H and O–H groups in total. The van der Waals surface area contributed by atoms with Crippen LogP contribution in [0.1, 0.15) is 57.8 Å². The van der Waals surface area contributed by atoms with E-state index in [-0.39, 0.29) is 0 Å². The number of nitrogens with one attached hydrogen (secondary N) is 1.